The third-order valence-electron chi connectivity index (χ3n) is 4.58. The van der Waals surface area contributed by atoms with E-state index in [2.05, 4.69) is 33.2 Å². The van der Waals surface area contributed by atoms with Crippen LogP contribution in [0.1, 0.15) is 11.1 Å². The molecular formula is C22H21IN2O6. The third-order valence-corrected chi connectivity index (χ3v) is 5.25. The standard InChI is InChI=1S/C22H21IN2O6/c1-30-16-5-6-17-14(9-21(28)31-19(17)10-16)8-20(27)25-18(12-26)22(29)24-11-13-3-2-4-15(23)7-13/h2-7,9-10,18,26H,8,11-12H2,1H3,(H,24,29)(H,25,27)/t18-/m0/s1. The lowest BCUT2D eigenvalue weighted by Crippen LogP contribution is -2.49. The summed E-state index contributed by atoms with van der Waals surface area (Å²) >= 11 is 2.18. The molecular weight excluding hydrogens is 515 g/mol. The van der Waals surface area contributed by atoms with Crippen molar-refractivity contribution in [3.05, 3.63) is 73.6 Å². The van der Waals surface area contributed by atoms with Gasteiger partial charge in [-0.2, -0.15) is 0 Å². The Balaban J connectivity index is 1.67. The maximum atomic E-state index is 12.5. The van der Waals surface area contributed by atoms with Gasteiger partial charge >= 0.3 is 5.63 Å². The molecule has 31 heavy (non-hydrogen) atoms. The molecule has 3 rings (SSSR count). The molecule has 3 aromatic rings. The Kier molecular flexibility index (Phi) is 7.64. The maximum Gasteiger partial charge on any atom is 0.336 e. The maximum absolute atomic E-state index is 12.5. The van der Waals surface area contributed by atoms with Gasteiger partial charge in [-0.3, -0.25) is 9.59 Å². The number of fused-ring (bicyclic) bond motifs is 1. The fourth-order valence-electron chi connectivity index (χ4n) is 3.06. The number of hydrogen-bond donors (Lipinski definition) is 3. The van der Waals surface area contributed by atoms with Crippen molar-refractivity contribution >= 4 is 45.4 Å². The highest BCUT2D eigenvalue weighted by atomic mass is 127. The van der Waals surface area contributed by atoms with Crippen molar-refractivity contribution < 1.29 is 23.8 Å². The van der Waals surface area contributed by atoms with Crippen molar-refractivity contribution in [3.63, 3.8) is 0 Å². The number of aliphatic hydroxyl groups excluding tert-OH is 1. The van der Waals surface area contributed by atoms with Gasteiger partial charge in [0.25, 0.3) is 0 Å². The van der Waals surface area contributed by atoms with E-state index in [0.29, 0.717) is 22.3 Å². The van der Waals surface area contributed by atoms with E-state index in [1.54, 1.807) is 18.2 Å². The Bertz CT molecular complexity index is 1160. The number of nitrogens with one attached hydrogen (secondary N) is 2. The zero-order valence-electron chi connectivity index (χ0n) is 16.7. The van der Waals surface area contributed by atoms with Crippen LogP contribution < -0.4 is 21.0 Å². The quantitative estimate of drug-likeness (QED) is 0.298. The Morgan fingerprint density at radius 1 is 1.19 bits per heavy atom. The largest absolute Gasteiger partial charge is 0.497 e. The Morgan fingerprint density at radius 3 is 2.71 bits per heavy atom. The highest BCUT2D eigenvalue weighted by Gasteiger charge is 2.20. The van der Waals surface area contributed by atoms with E-state index in [9.17, 15) is 19.5 Å². The summed E-state index contributed by atoms with van der Waals surface area (Å²) in [7, 11) is 1.50. The zero-order chi connectivity index (χ0) is 22.4. The van der Waals surface area contributed by atoms with Gasteiger partial charge in [-0.05, 0) is 58.0 Å². The van der Waals surface area contributed by atoms with E-state index in [4.69, 9.17) is 9.15 Å². The van der Waals surface area contributed by atoms with E-state index in [1.165, 1.54) is 13.2 Å². The summed E-state index contributed by atoms with van der Waals surface area (Å²) in [6, 6.07) is 12.7. The summed E-state index contributed by atoms with van der Waals surface area (Å²) in [5.41, 5.74) is 1.05. The molecule has 0 saturated heterocycles. The number of ether oxygens (including phenoxy) is 1. The van der Waals surface area contributed by atoms with Crippen LogP contribution in [0.2, 0.25) is 0 Å². The van der Waals surface area contributed by atoms with Crippen LogP contribution in [0.5, 0.6) is 5.75 Å². The molecule has 162 valence electrons. The van der Waals surface area contributed by atoms with Crippen molar-refractivity contribution in [2.75, 3.05) is 13.7 Å². The molecule has 0 saturated carbocycles. The molecule has 0 fully saturated rings. The Hall–Kier alpha value is -2.92. The van der Waals surface area contributed by atoms with Crippen molar-refractivity contribution in [1.29, 1.82) is 0 Å². The fraction of sp³-hybridized carbons (Fsp3) is 0.227. The average molecular weight is 536 g/mol. The number of rotatable bonds is 8. The number of benzene rings is 2. The van der Waals surface area contributed by atoms with Crippen LogP contribution in [0.3, 0.4) is 0 Å². The molecule has 2 aromatic carbocycles. The van der Waals surface area contributed by atoms with Crippen molar-refractivity contribution in [2.45, 2.75) is 19.0 Å². The molecule has 0 aliphatic heterocycles. The van der Waals surface area contributed by atoms with Crippen molar-refractivity contribution in [2.24, 2.45) is 0 Å². The van der Waals surface area contributed by atoms with Crippen molar-refractivity contribution in [1.82, 2.24) is 10.6 Å². The molecule has 0 unspecified atom stereocenters. The molecule has 2 amide bonds. The molecule has 0 bridgehead atoms. The normalized spacial score (nSPS) is 11.7. The average Bonchev–Trinajstić information content (AvgIpc) is 2.75. The summed E-state index contributed by atoms with van der Waals surface area (Å²) in [5, 5.41) is 15.4. The first-order valence-corrected chi connectivity index (χ1v) is 10.5. The van der Waals surface area contributed by atoms with E-state index in [0.717, 1.165) is 9.13 Å². The predicted molar refractivity (Wildman–Crippen MR) is 123 cm³/mol. The molecule has 1 aromatic heterocycles. The Labute approximate surface area is 191 Å². The Morgan fingerprint density at radius 2 is 2.00 bits per heavy atom. The highest BCUT2D eigenvalue weighted by Crippen LogP contribution is 2.22. The molecule has 0 aliphatic rings. The van der Waals surface area contributed by atoms with E-state index >= 15 is 0 Å². The molecule has 0 aliphatic carbocycles. The molecule has 8 nitrogen and oxygen atoms in total. The van der Waals surface area contributed by atoms with Gasteiger partial charge in [0.05, 0.1) is 20.1 Å². The molecule has 9 heteroatoms. The first-order chi connectivity index (χ1) is 14.9. The minimum Gasteiger partial charge on any atom is -0.497 e. The molecule has 1 heterocycles. The first-order valence-electron chi connectivity index (χ1n) is 9.42. The van der Waals surface area contributed by atoms with Gasteiger partial charge in [0, 0.05) is 27.6 Å². The zero-order valence-corrected chi connectivity index (χ0v) is 18.8. The van der Waals surface area contributed by atoms with Gasteiger partial charge in [0.2, 0.25) is 11.8 Å². The van der Waals surface area contributed by atoms with Gasteiger partial charge in [0.1, 0.15) is 17.4 Å². The number of hydrogen-bond acceptors (Lipinski definition) is 6. The number of carbonyl (C=O) groups excluding carboxylic acids is 2. The van der Waals surface area contributed by atoms with Crippen LogP contribution in [0, 0.1) is 3.57 Å². The van der Waals surface area contributed by atoms with Gasteiger partial charge in [-0.1, -0.05) is 12.1 Å². The van der Waals surface area contributed by atoms with Gasteiger partial charge in [0.15, 0.2) is 0 Å². The van der Waals surface area contributed by atoms with E-state index in [1.807, 2.05) is 24.3 Å². The second-order valence-electron chi connectivity index (χ2n) is 6.78. The second-order valence-corrected chi connectivity index (χ2v) is 8.03. The summed E-state index contributed by atoms with van der Waals surface area (Å²) < 4.78 is 11.3. The van der Waals surface area contributed by atoms with Crippen LogP contribution in [-0.2, 0) is 22.6 Å². The number of methoxy groups -OCH3 is 1. The topological polar surface area (TPSA) is 118 Å². The number of halogens is 1. The summed E-state index contributed by atoms with van der Waals surface area (Å²) in [6.07, 6.45) is -0.158. The van der Waals surface area contributed by atoms with Crippen LogP contribution in [0.4, 0.5) is 0 Å². The minimum absolute atomic E-state index is 0.158. The van der Waals surface area contributed by atoms with E-state index < -0.39 is 30.1 Å². The molecule has 3 N–H and O–H groups in total. The van der Waals surface area contributed by atoms with Crippen LogP contribution >= 0.6 is 22.6 Å². The van der Waals surface area contributed by atoms with Gasteiger partial charge in [-0.15, -0.1) is 0 Å². The lowest BCUT2D eigenvalue weighted by Gasteiger charge is -2.16. The number of amides is 2. The van der Waals surface area contributed by atoms with Gasteiger partial charge in [-0.25, -0.2) is 4.79 Å². The molecule has 1 atom stereocenters. The molecule has 0 spiro atoms. The minimum atomic E-state index is -1.11. The van der Waals surface area contributed by atoms with Crippen molar-refractivity contribution in [3.8, 4) is 5.75 Å². The summed E-state index contributed by atoms with van der Waals surface area (Å²) in [5.74, 6) is -0.495. The SMILES string of the molecule is COc1ccc2c(CC(=O)N[C@@H](CO)C(=O)NCc3cccc(I)c3)cc(=O)oc2c1. The third kappa shape index (κ3) is 6.05. The summed E-state index contributed by atoms with van der Waals surface area (Å²) in [4.78, 5) is 36.8. The number of aliphatic hydroxyl groups is 1. The number of carbonyl (C=O) groups is 2. The van der Waals surface area contributed by atoms with Crippen LogP contribution in [0.15, 0.2) is 57.7 Å². The van der Waals surface area contributed by atoms with Crippen LogP contribution in [0.25, 0.3) is 11.0 Å². The molecule has 0 radical (unpaired) electrons. The highest BCUT2D eigenvalue weighted by molar-refractivity contribution is 14.1. The van der Waals surface area contributed by atoms with Crippen LogP contribution in [-0.4, -0.2) is 36.7 Å². The lowest BCUT2D eigenvalue weighted by molar-refractivity contribution is -0.129. The smallest absolute Gasteiger partial charge is 0.336 e. The first kappa shape index (κ1) is 22.8. The van der Waals surface area contributed by atoms with E-state index in [-0.39, 0.29) is 13.0 Å². The monoisotopic (exact) mass is 536 g/mol. The fourth-order valence-corrected chi connectivity index (χ4v) is 3.66. The second kappa shape index (κ2) is 10.4. The predicted octanol–water partition coefficient (Wildman–Crippen LogP) is 1.74. The lowest BCUT2D eigenvalue weighted by atomic mass is 10.1. The van der Waals surface area contributed by atoms with Gasteiger partial charge < -0.3 is 24.9 Å². The summed E-state index contributed by atoms with van der Waals surface area (Å²) in [6.45, 7) is -0.285.